The molecular formula is C23H23F2N5O3. The van der Waals surface area contributed by atoms with Gasteiger partial charge in [-0.05, 0) is 36.2 Å². The molecule has 0 aliphatic carbocycles. The summed E-state index contributed by atoms with van der Waals surface area (Å²) in [5.41, 5.74) is 1.83. The van der Waals surface area contributed by atoms with E-state index in [0.29, 0.717) is 36.9 Å². The van der Waals surface area contributed by atoms with E-state index in [2.05, 4.69) is 20.5 Å². The number of alkyl halides is 1. The fraction of sp³-hybridized carbons (Fsp3) is 0.348. The van der Waals surface area contributed by atoms with Crippen LogP contribution in [0.4, 0.5) is 20.3 Å². The maximum absolute atomic E-state index is 14.4. The second-order valence-electron chi connectivity index (χ2n) is 8.47. The first-order valence-corrected chi connectivity index (χ1v) is 10.6. The number of fused-ring (bicyclic) bond motifs is 3. The van der Waals surface area contributed by atoms with E-state index in [-0.39, 0.29) is 24.0 Å². The number of aromatic nitrogens is 3. The normalized spacial score (nSPS) is 21.3. The number of ether oxygens (including phenoxy) is 1. The molecule has 2 aliphatic heterocycles. The van der Waals surface area contributed by atoms with Crippen molar-refractivity contribution in [2.45, 2.75) is 31.6 Å². The second kappa shape index (κ2) is 8.11. The molecule has 0 radical (unpaired) electrons. The molecule has 10 heteroatoms. The summed E-state index contributed by atoms with van der Waals surface area (Å²) < 4.78 is 34.4. The Morgan fingerprint density at radius 3 is 2.91 bits per heavy atom. The highest BCUT2D eigenvalue weighted by Crippen LogP contribution is 2.44. The average Bonchev–Trinajstić information content (AvgIpc) is 3.20. The molecule has 1 saturated heterocycles. The smallest absolute Gasteiger partial charge is 0.213 e. The molecule has 0 unspecified atom stereocenters. The molecule has 5 rings (SSSR count). The van der Waals surface area contributed by atoms with Crippen LogP contribution in [0.5, 0.6) is 11.6 Å². The van der Waals surface area contributed by atoms with E-state index in [1.807, 2.05) is 11.8 Å². The molecule has 3 N–H and O–H groups in total. The van der Waals surface area contributed by atoms with Crippen LogP contribution in [-0.4, -0.2) is 56.8 Å². The monoisotopic (exact) mass is 455 g/mol. The SMILES string of the molecule is Cc1cc(O[C@H]2CN3c4cc(-c5cccc(F)c5O)nnc4NC[C@@]3(CF)C2)ncc1CO. The van der Waals surface area contributed by atoms with E-state index in [1.165, 1.54) is 6.07 Å². The Morgan fingerprint density at radius 2 is 2.15 bits per heavy atom. The van der Waals surface area contributed by atoms with Crippen molar-refractivity contribution in [1.29, 1.82) is 0 Å². The number of aryl methyl sites for hydroxylation is 1. The van der Waals surface area contributed by atoms with Crippen LogP contribution in [0.25, 0.3) is 11.3 Å². The number of aliphatic hydroxyl groups excluding tert-OH is 1. The summed E-state index contributed by atoms with van der Waals surface area (Å²) in [7, 11) is 0. The minimum atomic E-state index is -0.845. The average molecular weight is 455 g/mol. The van der Waals surface area contributed by atoms with Crippen LogP contribution in [0.3, 0.4) is 0 Å². The number of hydrogen-bond donors (Lipinski definition) is 3. The Bertz CT molecular complexity index is 1210. The summed E-state index contributed by atoms with van der Waals surface area (Å²) in [6.45, 7) is 1.86. The van der Waals surface area contributed by atoms with Gasteiger partial charge < -0.3 is 25.2 Å². The van der Waals surface area contributed by atoms with Crippen molar-refractivity contribution in [3.63, 3.8) is 0 Å². The minimum absolute atomic E-state index is 0.103. The van der Waals surface area contributed by atoms with Crippen molar-refractivity contribution in [3.05, 3.63) is 53.5 Å². The molecule has 3 aromatic rings. The number of nitrogens with one attached hydrogen (secondary N) is 1. The molecule has 33 heavy (non-hydrogen) atoms. The highest BCUT2D eigenvalue weighted by Gasteiger charge is 2.50. The number of anilines is 2. The lowest BCUT2D eigenvalue weighted by atomic mass is 9.94. The molecule has 1 aromatic carbocycles. The fourth-order valence-corrected chi connectivity index (χ4v) is 4.54. The van der Waals surface area contributed by atoms with Gasteiger partial charge in [0, 0.05) is 30.8 Å². The molecule has 8 nitrogen and oxygen atoms in total. The standard InChI is InChI=1S/C23H23F2N5O3/c1-13-5-20(26-8-14(13)10-31)33-15-7-23(11-24)12-27-22-19(30(23)9-15)6-18(28-29-22)16-3-2-4-17(25)21(16)32/h2-6,8,15,31-32H,7,9-12H2,1H3,(H,27,29)/t15-,23+/m1/s1. The van der Waals surface area contributed by atoms with E-state index >= 15 is 0 Å². The lowest BCUT2D eigenvalue weighted by molar-refractivity contribution is 0.194. The molecule has 2 aliphatic rings. The summed E-state index contributed by atoms with van der Waals surface area (Å²) in [6, 6.07) is 7.62. The Labute approximate surface area is 188 Å². The molecule has 0 bridgehead atoms. The van der Waals surface area contributed by atoms with Gasteiger partial charge in [0.1, 0.15) is 12.8 Å². The molecule has 2 atom stereocenters. The number of benzene rings is 1. The van der Waals surface area contributed by atoms with Crippen LogP contribution in [0.1, 0.15) is 17.5 Å². The van der Waals surface area contributed by atoms with Gasteiger partial charge in [0.25, 0.3) is 0 Å². The molecule has 1 fully saturated rings. The quantitative estimate of drug-likeness (QED) is 0.540. The molecule has 0 amide bonds. The van der Waals surface area contributed by atoms with Gasteiger partial charge in [-0.15, -0.1) is 10.2 Å². The van der Waals surface area contributed by atoms with Gasteiger partial charge in [0.2, 0.25) is 5.88 Å². The number of pyridine rings is 1. The number of phenolic OH excluding ortho intramolecular Hbond substituents is 1. The third-order valence-corrected chi connectivity index (χ3v) is 6.38. The number of phenols is 1. The van der Waals surface area contributed by atoms with Crippen molar-refractivity contribution in [1.82, 2.24) is 15.2 Å². The molecule has 172 valence electrons. The summed E-state index contributed by atoms with van der Waals surface area (Å²) in [4.78, 5) is 6.17. The number of rotatable bonds is 5. The van der Waals surface area contributed by atoms with Gasteiger partial charge >= 0.3 is 0 Å². The molecule has 0 spiro atoms. The topological polar surface area (TPSA) is 104 Å². The summed E-state index contributed by atoms with van der Waals surface area (Å²) in [6.07, 6.45) is 1.66. The largest absolute Gasteiger partial charge is 0.504 e. The first-order chi connectivity index (χ1) is 15.9. The number of nitrogens with zero attached hydrogens (tertiary/aromatic N) is 4. The maximum Gasteiger partial charge on any atom is 0.213 e. The highest BCUT2D eigenvalue weighted by molar-refractivity contribution is 5.77. The van der Waals surface area contributed by atoms with Crippen molar-refractivity contribution in [2.75, 3.05) is 30.0 Å². The van der Waals surface area contributed by atoms with E-state index < -0.39 is 23.8 Å². The third-order valence-electron chi connectivity index (χ3n) is 6.38. The minimum Gasteiger partial charge on any atom is -0.504 e. The molecular weight excluding hydrogens is 432 g/mol. The van der Waals surface area contributed by atoms with Crippen LogP contribution in [0.2, 0.25) is 0 Å². The first kappa shape index (κ1) is 21.3. The fourth-order valence-electron chi connectivity index (χ4n) is 4.54. The van der Waals surface area contributed by atoms with Crippen molar-refractivity contribution in [2.24, 2.45) is 0 Å². The predicted octanol–water partition coefficient (Wildman–Crippen LogP) is 2.98. The van der Waals surface area contributed by atoms with E-state index in [9.17, 15) is 19.0 Å². The number of aliphatic hydroxyl groups is 1. The van der Waals surface area contributed by atoms with Crippen molar-refractivity contribution >= 4 is 11.5 Å². The summed E-state index contributed by atoms with van der Waals surface area (Å²) in [5, 5.41) is 30.9. The molecule has 0 saturated carbocycles. The Kier molecular flexibility index (Phi) is 5.24. The second-order valence-corrected chi connectivity index (χ2v) is 8.47. The van der Waals surface area contributed by atoms with Gasteiger partial charge in [-0.2, -0.15) is 0 Å². The van der Waals surface area contributed by atoms with Gasteiger partial charge in [0.15, 0.2) is 17.4 Å². The zero-order valence-corrected chi connectivity index (χ0v) is 17.9. The number of hydrogen-bond acceptors (Lipinski definition) is 8. The van der Waals surface area contributed by atoms with Gasteiger partial charge in [-0.1, -0.05) is 6.07 Å². The first-order valence-electron chi connectivity index (χ1n) is 10.6. The summed E-state index contributed by atoms with van der Waals surface area (Å²) >= 11 is 0. The Morgan fingerprint density at radius 1 is 1.30 bits per heavy atom. The lowest BCUT2D eigenvalue weighted by Crippen LogP contribution is -2.54. The number of aromatic hydroxyl groups is 1. The van der Waals surface area contributed by atoms with E-state index in [0.717, 1.165) is 17.2 Å². The van der Waals surface area contributed by atoms with Crippen LogP contribution < -0.4 is 15.0 Å². The van der Waals surface area contributed by atoms with Crippen LogP contribution >= 0.6 is 0 Å². The third kappa shape index (κ3) is 3.60. The molecule has 4 heterocycles. The number of para-hydroxylation sites is 1. The highest BCUT2D eigenvalue weighted by atomic mass is 19.1. The van der Waals surface area contributed by atoms with Gasteiger partial charge in [0.05, 0.1) is 30.1 Å². The molecule has 2 aromatic heterocycles. The summed E-state index contributed by atoms with van der Waals surface area (Å²) in [5.74, 6) is -0.369. The zero-order valence-electron chi connectivity index (χ0n) is 17.9. The Balaban J connectivity index is 1.46. The lowest BCUT2D eigenvalue weighted by Gasteiger charge is -2.42. The van der Waals surface area contributed by atoms with Crippen LogP contribution in [-0.2, 0) is 6.61 Å². The van der Waals surface area contributed by atoms with Crippen LogP contribution in [0.15, 0.2) is 36.5 Å². The number of halogens is 2. The maximum atomic E-state index is 14.4. The van der Waals surface area contributed by atoms with E-state index in [1.54, 1.807) is 24.4 Å². The van der Waals surface area contributed by atoms with Gasteiger partial charge in [-0.25, -0.2) is 13.8 Å². The zero-order chi connectivity index (χ0) is 23.2. The van der Waals surface area contributed by atoms with Gasteiger partial charge in [-0.3, -0.25) is 0 Å². The van der Waals surface area contributed by atoms with E-state index in [4.69, 9.17) is 4.74 Å². The van der Waals surface area contributed by atoms with Crippen molar-refractivity contribution in [3.8, 4) is 22.9 Å². The van der Waals surface area contributed by atoms with Crippen LogP contribution in [0, 0.1) is 12.7 Å². The van der Waals surface area contributed by atoms with Crippen molar-refractivity contribution < 1.29 is 23.7 Å². The predicted molar refractivity (Wildman–Crippen MR) is 118 cm³/mol. The Hall–Kier alpha value is -3.53.